The molecule has 84 valence electrons. The van der Waals surface area contributed by atoms with E-state index in [1.165, 1.54) is 11.3 Å². The lowest BCUT2D eigenvalue weighted by Gasteiger charge is -1.96. The number of thiophene rings is 1. The van der Waals surface area contributed by atoms with E-state index in [0.29, 0.717) is 11.6 Å². The summed E-state index contributed by atoms with van der Waals surface area (Å²) in [6, 6.07) is 3.96. The molecule has 0 aliphatic carbocycles. The Balaban J connectivity index is 2.06. The summed E-state index contributed by atoms with van der Waals surface area (Å²) in [6.07, 6.45) is 1.36. The first-order valence-electron chi connectivity index (χ1n) is 4.97. The first kappa shape index (κ1) is 11.2. The quantitative estimate of drug-likeness (QED) is 0.911. The summed E-state index contributed by atoms with van der Waals surface area (Å²) in [7, 11) is 0. The third-order valence-electron chi connectivity index (χ3n) is 1.88. The fraction of sp³-hybridized carbons (Fsp3) is 0.300. The van der Waals surface area contributed by atoms with Crippen molar-refractivity contribution in [3.05, 3.63) is 17.5 Å². The summed E-state index contributed by atoms with van der Waals surface area (Å²) in [5.41, 5.74) is 0. The van der Waals surface area contributed by atoms with Crippen molar-refractivity contribution in [1.29, 1.82) is 0 Å². The lowest BCUT2D eigenvalue weighted by Crippen LogP contribution is -2.10. The molecular formula is C10H11N3OS2. The van der Waals surface area contributed by atoms with Crippen LogP contribution in [-0.2, 0) is 4.79 Å². The van der Waals surface area contributed by atoms with Gasteiger partial charge in [-0.05, 0) is 17.9 Å². The van der Waals surface area contributed by atoms with E-state index in [2.05, 4.69) is 15.5 Å². The van der Waals surface area contributed by atoms with Gasteiger partial charge in [0.05, 0.1) is 4.88 Å². The number of rotatable bonds is 4. The smallest absolute Gasteiger partial charge is 0.226 e. The Hall–Kier alpha value is -1.27. The fourth-order valence-corrected chi connectivity index (χ4v) is 2.73. The molecule has 0 atom stereocenters. The first-order chi connectivity index (χ1) is 7.79. The molecule has 2 aromatic rings. The molecule has 0 bridgehead atoms. The predicted molar refractivity (Wildman–Crippen MR) is 66.8 cm³/mol. The van der Waals surface area contributed by atoms with Gasteiger partial charge in [0.2, 0.25) is 11.0 Å². The summed E-state index contributed by atoms with van der Waals surface area (Å²) >= 11 is 3.01. The molecule has 16 heavy (non-hydrogen) atoms. The van der Waals surface area contributed by atoms with Crippen molar-refractivity contribution in [3.8, 4) is 9.88 Å². The van der Waals surface area contributed by atoms with Crippen LogP contribution < -0.4 is 5.32 Å². The van der Waals surface area contributed by atoms with Crippen LogP contribution >= 0.6 is 22.7 Å². The minimum absolute atomic E-state index is 0.00335. The summed E-state index contributed by atoms with van der Waals surface area (Å²) in [4.78, 5) is 12.4. The molecule has 0 fully saturated rings. The van der Waals surface area contributed by atoms with Gasteiger partial charge in [0.1, 0.15) is 0 Å². The van der Waals surface area contributed by atoms with Crippen molar-refractivity contribution in [2.75, 3.05) is 5.32 Å². The van der Waals surface area contributed by atoms with Crippen molar-refractivity contribution in [1.82, 2.24) is 10.2 Å². The van der Waals surface area contributed by atoms with Gasteiger partial charge in [0.15, 0.2) is 5.01 Å². The molecule has 6 heteroatoms. The maximum Gasteiger partial charge on any atom is 0.226 e. The van der Waals surface area contributed by atoms with Gasteiger partial charge in [-0.1, -0.05) is 24.3 Å². The van der Waals surface area contributed by atoms with Gasteiger partial charge < -0.3 is 5.32 Å². The number of amides is 1. The SMILES string of the molecule is CCCC(=O)Nc1nnc(-c2cccs2)s1. The van der Waals surface area contributed by atoms with Crippen LogP contribution in [0.2, 0.25) is 0 Å². The van der Waals surface area contributed by atoms with Gasteiger partial charge in [0, 0.05) is 6.42 Å². The topological polar surface area (TPSA) is 54.9 Å². The molecule has 0 aromatic carbocycles. The van der Waals surface area contributed by atoms with E-state index in [4.69, 9.17) is 0 Å². The van der Waals surface area contributed by atoms with Crippen LogP contribution in [0.3, 0.4) is 0 Å². The van der Waals surface area contributed by atoms with Crippen molar-refractivity contribution >= 4 is 33.7 Å². The van der Waals surface area contributed by atoms with E-state index < -0.39 is 0 Å². The molecule has 2 rings (SSSR count). The highest BCUT2D eigenvalue weighted by molar-refractivity contribution is 7.23. The Morgan fingerprint density at radius 3 is 3.06 bits per heavy atom. The van der Waals surface area contributed by atoms with Crippen molar-refractivity contribution in [2.45, 2.75) is 19.8 Å². The van der Waals surface area contributed by atoms with E-state index in [-0.39, 0.29) is 5.91 Å². The maximum atomic E-state index is 11.3. The Bertz CT molecular complexity index is 464. The van der Waals surface area contributed by atoms with Crippen molar-refractivity contribution in [2.24, 2.45) is 0 Å². The van der Waals surface area contributed by atoms with Crippen LogP contribution in [0.5, 0.6) is 0 Å². The van der Waals surface area contributed by atoms with E-state index in [9.17, 15) is 4.79 Å². The molecule has 2 heterocycles. The lowest BCUT2D eigenvalue weighted by atomic mass is 10.3. The monoisotopic (exact) mass is 253 g/mol. The zero-order valence-corrected chi connectivity index (χ0v) is 10.4. The average Bonchev–Trinajstić information content (AvgIpc) is 2.86. The molecule has 0 unspecified atom stereocenters. The Morgan fingerprint density at radius 1 is 1.50 bits per heavy atom. The highest BCUT2D eigenvalue weighted by Gasteiger charge is 2.09. The van der Waals surface area contributed by atoms with E-state index in [1.54, 1.807) is 11.3 Å². The number of nitrogens with zero attached hydrogens (tertiary/aromatic N) is 2. The van der Waals surface area contributed by atoms with Crippen LogP contribution in [0.4, 0.5) is 5.13 Å². The molecular weight excluding hydrogens is 242 g/mol. The Morgan fingerprint density at radius 2 is 2.38 bits per heavy atom. The van der Waals surface area contributed by atoms with Gasteiger partial charge in [-0.3, -0.25) is 4.79 Å². The predicted octanol–water partition coefficient (Wildman–Crippen LogP) is 3.01. The van der Waals surface area contributed by atoms with E-state index in [1.807, 2.05) is 24.4 Å². The summed E-state index contributed by atoms with van der Waals surface area (Å²) in [5.74, 6) is -0.00335. The minimum Gasteiger partial charge on any atom is -0.301 e. The number of carbonyl (C=O) groups is 1. The third kappa shape index (κ3) is 2.65. The number of nitrogens with one attached hydrogen (secondary N) is 1. The maximum absolute atomic E-state index is 11.3. The lowest BCUT2D eigenvalue weighted by molar-refractivity contribution is -0.116. The highest BCUT2D eigenvalue weighted by Crippen LogP contribution is 2.29. The van der Waals surface area contributed by atoms with E-state index >= 15 is 0 Å². The zero-order chi connectivity index (χ0) is 11.4. The number of carbonyl (C=O) groups excluding carboxylic acids is 1. The van der Waals surface area contributed by atoms with Crippen molar-refractivity contribution in [3.63, 3.8) is 0 Å². The molecule has 1 amide bonds. The summed E-state index contributed by atoms with van der Waals surface area (Å²) in [5, 5.41) is 14.1. The van der Waals surface area contributed by atoms with Gasteiger partial charge in [-0.25, -0.2) is 0 Å². The van der Waals surface area contributed by atoms with Gasteiger partial charge in [-0.15, -0.1) is 21.5 Å². The molecule has 0 spiro atoms. The Kier molecular flexibility index (Phi) is 3.63. The average molecular weight is 253 g/mol. The number of anilines is 1. The van der Waals surface area contributed by atoms with Crippen molar-refractivity contribution < 1.29 is 4.79 Å². The molecule has 2 aromatic heterocycles. The second-order valence-corrected chi connectivity index (χ2v) is 5.11. The standard InChI is InChI=1S/C10H11N3OS2/c1-2-4-8(14)11-10-13-12-9(16-10)7-5-3-6-15-7/h3,5-6H,2,4H2,1H3,(H,11,13,14). The molecule has 0 saturated heterocycles. The highest BCUT2D eigenvalue weighted by atomic mass is 32.1. The number of hydrogen-bond acceptors (Lipinski definition) is 5. The summed E-state index contributed by atoms with van der Waals surface area (Å²) in [6.45, 7) is 1.97. The fourth-order valence-electron chi connectivity index (χ4n) is 1.18. The van der Waals surface area contributed by atoms with Gasteiger partial charge in [-0.2, -0.15) is 0 Å². The molecule has 4 nitrogen and oxygen atoms in total. The Labute approximate surface area is 101 Å². The van der Waals surface area contributed by atoms with Gasteiger partial charge in [0.25, 0.3) is 0 Å². The third-order valence-corrected chi connectivity index (χ3v) is 3.76. The molecule has 0 aliphatic rings. The number of aromatic nitrogens is 2. The van der Waals surface area contributed by atoms with E-state index in [0.717, 1.165) is 16.3 Å². The van der Waals surface area contributed by atoms with Crippen LogP contribution in [0, 0.1) is 0 Å². The van der Waals surface area contributed by atoms with Gasteiger partial charge >= 0.3 is 0 Å². The van der Waals surface area contributed by atoms with Crippen LogP contribution in [0.1, 0.15) is 19.8 Å². The zero-order valence-electron chi connectivity index (χ0n) is 8.77. The second kappa shape index (κ2) is 5.18. The van der Waals surface area contributed by atoms with Crippen LogP contribution in [-0.4, -0.2) is 16.1 Å². The first-order valence-corrected chi connectivity index (χ1v) is 6.66. The molecule has 0 radical (unpaired) electrons. The second-order valence-electron chi connectivity index (χ2n) is 3.19. The molecule has 1 N–H and O–H groups in total. The molecule has 0 aliphatic heterocycles. The summed E-state index contributed by atoms with van der Waals surface area (Å²) < 4.78 is 0. The van der Waals surface area contributed by atoms with Crippen LogP contribution in [0.15, 0.2) is 17.5 Å². The normalized spacial score (nSPS) is 10.3. The molecule has 0 saturated carbocycles. The van der Waals surface area contributed by atoms with Crippen LogP contribution in [0.25, 0.3) is 9.88 Å². The number of hydrogen-bond donors (Lipinski definition) is 1. The largest absolute Gasteiger partial charge is 0.301 e. The minimum atomic E-state index is -0.00335.